The van der Waals surface area contributed by atoms with Crippen LogP contribution in [0.25, 0.3) is 0 Å². The van der Waals surface area contributed by atoms with Gasteiger partial charge in [0, 0.05) is 0 Å². The molecule has 5 heteroatoms. The molecule has 1 unspecified atom stereocenters. The van der Waals surface area contributed by atoms with E-state index in [4.69, 9.17) is 14.2 Å². The predicted molar refractivity (Wildman–Crippen MR) is 58.5 cm³/mol. The average molecular weight is 279 g/mol. The molecule has 0 aromatic rings. The summed E-state index contributed by atoms with van der Waals surface area (Å²) < 4.78 is 16.3. The van der Waals surface area contributed by atoms with Gasteiger partial charge in [-0.1, -0.05) is 22.5 Å². The number of methoxy groups -OCH3 is 1. The molecule has 86 valence electrons. The SMILES string of the molecule is C=C(Br)CC(C(=O)OC)C1(C)OCCO1. The molecule has 1 rings (SSSR count). The summed E-state index contributed by atoms with van der Waals surface area (Å²) >= 11 is 3.23. The maximum atomic E-state index is 11.6. The molecule has 15 heavy (non-hydrogen) atoms. The molecule has 1 aliphatic rings. The van der Waals surface area contributed by atoms with Crippen molar-refractivity contribution in [3.05, 3.63) is 11.1 Å². The molecule has 0 radical (unpaired) electrons. The van der Waals surface area contributed by atoms with Crippen molar-refractivity contribution in [3.8, 4) is 0 Å². The first kappa shape index (κ1) is 12.7. The van der Waals surface area contributed by atoms with Crippen molar-refractivity contribution in [2.45, 2.75) is 19.1 Å². The highest BCUT2D eigenvalue weighted by atomic mass is 79.9. The van der Waals surface area contributed by atoms with E-state index in [9.17, 15) is 4.79 Å². The predicted octanol–water partition coefficient (Wildman–Crippen LogP) is 1.84. The number of hydrogen-bond donors (Lipinski definition) is 0. The van der Waals surface area contributed by atoms with Crippen LogP contribution in [0.15, 0.2) is 11.1 Å². The molecule has 1 saturated heterocycles. The molecule has 1 heterocycles. The first-order valence-electron chi connectivity index (χ1n) is 4.68. The summed E-state index contributed by atoms with van der Waals surface area (Å²) in [5.41, 5.74) is 0. The Kier molecular flexibility index (Phi) is 4.31. The van der Waals surface area contributed by atoms with Crippen molar-refractivity contribution < 1.29 is 19.0 Å². The van der Waals surface area contributed by atoms with Gasteiger partial charge in [0.05, 0.1) is 20.3 Å². The number of allylic oxidation sites excluding steroid dienone is 1. The van der Waals surface area contributed by atoms with Crippen molar-refractivity contribution in [3.63, 3.8) is 0 Å². The topological polar surface area (TPSA) is 44.8 Å². The van der Waals surface area contributed by atoms with Crippen molar-refractivity contribution in [2.24, 2.45) is 5.92 Å². The van der Waals surface area contributed by atoms with Crippen LogP contribution in [0.5, 0.6) is 0 Å². The van der Waals surface area contributed by atoms with Crippen molar-refractivity contribution in [1.82, 2.24) is 0 Å². The van der Waals surface area contributed by atoms with Gasteiger partial charge in [-0.05, 0) is 17.8 Å². The summed E-state index contributed by atoms with van der Waals surface area (Å²) in [5, 5.41) is 0. The molecule has 0 bridgehead atoms. The standard InChI is InChI=1S/C10H15BrO4/c1-7(11)6-8(9(12)13-3)10(2)14-4-5-15-10/h8H,1,4-6H2,2-3H3. The summed E-state index contributed by atoms with van der Waals surface area (Å²) in [6.45, 7) is 6.46. The maximum Gasteiger partial charge on any atom is 0.314 e. The second kappa shape index (κ2) is 5.09. The van der Waals surface area contributed by atoms with Crippen molar-refractivity contribution in [1.29, 1.82) is 0 Å². The molecule has 0 amide bonds. The Balaban J connectivity index is 2.79. The summed E-state index contributed by atoms with van der Waals surface area (Å²) in [6, 6.07) is 0. The van der Waals surface area contributed by atoms with Crippen LogP contribution < -0.4 is 0 Å². The molecule has 0 saturated carbocycles. The third kappa shape index (κ3) is 3.03. The third-order valence-corrected chi connectivity index (χ3v) is 2.73. The van der Waals surface area contributed by atoms with Crippen LogP contribution in [0, 0.1) is 5.92 Å². The number of carbonyl (C=O) groups excluding carboxylic acids is 1. The first-order valence-corrected chi connectivity index (χ1v) is 5.48. The van der Waals surface area contributed by atoms with E-state index in [-0.39, 0.29) is 5.97 Å². The fourth-order valence-corrected chi connectivity index (χ4v) is 1.90. The highest BCUT2D eigenvalue weighted by molar-refractivity contribution is 9.11. The van der Waals surface area contributed by atoms with Crippen LogP contribution in [0.2, 0.25) is 0 Å². The molecule has 1 atom stereocenters. The number of ether oxygens (including phenoxy) is 3. The molecule has 0 aromatic heterocycles. The lowest BCUT2D eigenvalue weighted by Gasteiger charge is -2.29. The Morgan fingerprint density at radius 2 is 2.13 bits per heavy atom. The Bertz CT molecular complexity index is 258. The Morgan fingerprint density at radius 1 is 1.60 bits per heavy atom. The summed E-state index contributed by atoms with van der Waals surface area (Å²) in [5.74, 6) is -1.74. The summed E-state index contributed by atoms with van der Waals surface area (Å²) in [7, 11) is 1.35. The number of halogens is 1. The molecule has 1 fully saturated rings. The van der Waals surface area contributed by atoms with E-state index in [0.717, 1.165) is 4.48 Å². The number of esters is 1. The minimum absolute atomic E-state index is 0.347. The largest absolute Gasteiger partial charge is 0.469 e. The van der Waals surface area contributed by atoms with Crippen LogP contribution in [-0.2, 0) is 19.0 Å². The van der Waals surface area contributed by atoms with Gasteiger partial charge in [-0.25, -0.2) is 0 Å². The molecule has 4 nitrogen and oxygen atoms in total. The van der Waals surface area contributed by atoms with Crippen LogP contribution in [-0.4, -0.2) is 32.1 Å². The van der Waals surface area contributed by atoms with Gasteiger partial charge in [-0.15, -0.1) is 0 Å². The molecular weight excluding hydrogens is 264 g/mol. The number of carbonyl (C=O) groups is 1. The second-order valence-electron chi connectivity index (χ2n) is 3.51. The van der Waals surface area contributed by atoms with Crippen LogP contribution >= 0.6 is 15.9 Å². The van der Waals surface area contributed by atoms with Gasteiger partial charge < -0.3 is 14.2 Å². The lowest BCUT2D eigenvalue weighted by Crippen LogP contribution is -2.41. The molecule has 0 aliphatic carbocycles. The van der Waals surface area contributed by atoms with Gasteiger partial charge in [0.2, 0.25) is 0 Å². The van der Waals surface area contributed by atoms with Crippen LogP contribution in [0.3, 0.4) is 0 Å². The second-order valence-corrected chi connectivity index (χ2v) is 4.63. The van der Waals surface area contributed by atoms with Crippen LogP contribution in [0.4, 0.5) is 0 Å². The monoisotopic (exact) mass is 278 g/mol. The van der Waals surface area contributed by atoms with Crippen LogP contribution in [0.1, 0.15) is 13.3 Å². The van der Waals surface area contributed by atoms with Gasteiger partial charge >= 0.3 is 5.97 Å². The van der Waals surface area contributed by atoms with Gasteiger partial charge in [0.1, 0.15) is 5.92 Å². The zero-order chi connectivity index (χ0) is 11.5. The smallest absolute Gasteiger partial charge is 0.314 e. The van der Waals surface area contributed by atoms with E-state index in [1.54, 1.807) is 6.92 Å². The van der Waals surface area contributed by atoms with Gasteiger partial charge in [0.25, 0.3) is 0 Å². The summed E-state index contributed by atoms with van der Waals surface area (Å²) in [6.07, 6.45) is 0.434. The highest BCUT2D eigenvalue weighted by Crippen LogP contribution is 2.33. The van der Waals surface area contributed by atoms with Gasteiger partial charge in [-0.2, -0.15) is 0 Å². The normalized spacial score (nSPS) is 21.0. The number of rotatable bonds is 4. The van der Waals surface area contributed by atoms with Gasteiger partial charge in [-0.3, -0.25) is 4.79 Å². The summed E-state index contributed by atoms with van der Waals surface area (Å²) in [4.78, 5) is 11.6. The van der Waals surface area contributed by atoms with E-state index >= 15 is 0 Å². The number of hydrogen-bond acceptors (Lipinski definition) is 4. The Labute approximate surface area is 97.7 Å². The van der Waals surface area contributed by atoms with Crippen molar-refractivity contribution >= 4 is 21.9 Å². The fraction of sp³-hybridized carbons (Fsp3) is 0.700. The van der Waals surface area contributed by atoms with E-state index in [0.29, 0.717) is 19.6 Å². The Morgan fingerprint density at radius 3 is 2.53 bits per heavy atom. The average Bonchev–Trinajstić information content (AvgIpc) is 2.61. The van der Waals surface area contributed by atoms with E-state index < -0.39 is 11.7 Å². The highest BCUT2D eigenvalue weighted by Gasteiger charge is 2.44. The minimum atomic E-state index is -0.899. The lowest BCUT2D eigenvalue weighted by molar-refractivity contribution is -0.198. The molecule has 1 aliphatic heterocycles. The van der Waals surface area contributed by atoms with E-state index in [2.05, 4.69) is 22.5 Å². The minimum Gasteiger partial charge on any atom is -0.469 e. The van der Waals surface area contributed by atoms with Gasteiger partial charge in [0.15, 0.2) is 5.79 Å². The van der Waals surface area contributed by atoms with Crippen molar-refractivity contribution in [2.75, 3.05) is 20.3 Å². The van der Waals surface area contributed by atoms with E-state index in [1.165, 1.54) is 7.11 Å². The van der Waals surface area contributed by atoms with E-state index in [1.807, 2.05) is 0 Å². The molecular formula is C10H15BrO4. The lowest BCUT2D eigenvalue weighted by atomic mass is 9.96. The first-order chi connectivity index (χ1) is 6.99. The zero-order valence-corrected chi connectivity index (χ0v) is 10.5. The quantitative estimate of drug-likeness (QED) is 0.736. The third-order valence-electron chi connectivity index (χ3n) is 2.40. The Hall–Kier alpha value is -0.390. The maximum absolute atomic E-state index is 11.6. The molecule has 0 aromatic carbocycles. The molecule has 0 N–H and O–H groups in total. The fourth-order valence-electron chi connectivity index (χ4n) is 1.58. The molecule has 0 spiro atoms. The zero-order valence-electron chi connectivity index (χ0n) is 8.92.